The van der Waals surface area contributed by atoms with Gasteiger partial charge in [0.05, 0.1) is 0 Å². The second-order valence-electron chi connectivity index (χ2n) is 10.2. The second-order valence-corrected chi connectivity index (χ2v) is 10.2. The third-order valence-electron chi connectivity index (χ3n) is 7.90. The van der Waals surface area contributed by atoms with Crippen molar-refractivity contribution >= 4 is 28.5 Å². The van der Waals surface area contributed by atoms with E-state index in [1.165, 1.54) is 27.3 Å². The molecule has 2 saturated heterocycles. The smallest absolute Gasteiger partial charge is 0.255 e. The molecule has 1 unspecified atom stereocenters. The molecule has 0 saturated carbocycles. The summed E-state index contributed by atoms with van der Waals surface area (Å²) in [7, 11) is 0. The summed E-state index contributed by atoms with van der Waals surface area (Å²) in [6.45, 7) is 2.95. The molecule has 3 aromatic carbocycles. The van der Waals surface area contributed by atoms with Gasteiger partial charge in [0.2, 0.25) is 11.8 Å². The van der Waals surface area contributed by atoms with E-state index < -0.39 is 17.8 Å². The van der Waals surface area contributed by atoms with Gasteiger partial charge < -0.3 is 4.90 Å². The van der Waals surface area contributed by atoms with Crippen LogP contribution in [0.25, 0.3) is 10.8 Å². The summed E-state index contributed by atoms with van der Waals surface area (Å²) in [6.07, 6.45) is 2.27. The fourth-order valence-corrected chi connectivity index (χ4v) is 6.01. The number of fused-ring (bicyclic) bond motifs is 2. The molecule has 0 radical (unpaired) electrons. The van der Waals surface area contributed by atoms with E-state index in [9.17, 15) is 18.8 Å². The number of hydrogen-bond donors (Lipinski definition) is 1. The summed E-state index contributed by atoms with van der Waals surface area (Å²) in [5.74, 6) is -1.34. The quantitative estimate of drug-likeness (QED) is 0.565. The van der Waals surface area contributed by atoms with Crippen LogP contribution in [0.4, 0.5) is 4.39 Å². The minimum atomic E-state index is -0.692. The third kappa shape index (κ3) is 4.17. The molecule has 184 valence electrons. The van der Waals surface area contributed by atoms with Crippen LogP contribution < -0.4 is 5.32 Å². The predicted octanol–water partition coefficient (Wildman–Crippen LogP) is 4.12. The van der Waals surface area contributed by atoms with E-state index in [0.29, 0.717) is 12.0 Å². The Morgan fingerprint density at radius 2 is 1.69 bits per heavy atom. The molecule has 3 heterocycles. The van der Waals surface area contributed by atoms with Crippen LogP contribution in [0.3, 0.4) is 0 Å². The largest absolute Gasteiger partial charge is 0.322 e. The molecule has 1 atom stereocenters. The fraction of sp³-hybridized carbons (Fsp3) is 0.345. The zero-order chi connectivity index (χ0) is 24.8. The third-order valence-corrected chi connectivity index (χ3v) is 7.90. The highest BCUT2D eigenvalue weighted by atomic mass is 19.1. The number of carbonyl (C=O) groups is 3. The summed E-state index contributed by atoms with van der Waals surface area (Å²) < 4.78 is 14.6. The number of nitrogens with one attached hydrogen (secondary N) is 1. The van der Waals surface area contributed by atoms with Gasteiger partial charge in [-0.1, -0.05) is 36.4 Å². The highest BCUT2D eigenvalue weighted by molar-refractivity contribution is 6.05. The molecule has 3 aromatic rings. The Bertz CT molecular complexity index is 1380. The normalized spacial score (nSPS) is 21.2. The van der Waals surface area contributed by atoms with Crippen molar-refractivity contribution in [3.63, 3.8) is 0 Å². The molecular weight excluding hydrogens is 457 g/mol. The van der Waals surface area contributed by atoms with Crippen LogP contribution in [0.5, 0.6) is 0 Å². The topological polar surface area (TPSA) is 69.7 Å². The van der Waals surface area contributed by atoms with E-state index >= 15 is 0 Å². The maximum atomic E-state index is 14.6. The predicted molar refractivity (Wildman–Crippen MR) is 134 cm³/mol. The number of benzene rings is 3. The summed E-state index contributed by atoms with van der Waals surface area (Å²) in [4.78, 5) is 41.0. The number of amides is 3. The fourth-order valence-electron chi connectivity index (χ4n) is 6.01. The van der Waals surface area contributed by atoms with Gasteiger partial charge in [-0.3, -0.25) is 24.6 Å². The molecule has 0 bridgehead atoms. The van der Waals surface area contributed by atoms with Gasteiger partial charge in [-0.25, -0.2) is 4.39 Å². The number of piperidine rings is 2. The molecule has 3 amide bonds. The number of likely N-dealkylation sites (tertiary alicyclic amines) is 1. The van der Waals surface area contributed by atoms with Gasteiger partial charge in [0.25, 0.3) is 5.91 Å². The number of hydrogen-bond acceptors (Lipinski definition) is 4. The molecule has 0 aromatic heterocycles. The van der Waals surface area contributed by atoms with Gasteiger partial charge in [0.1, 0.15) is 11.9 Å². The average molecular weight is 486 g/mol. The molecule has 0 spiro atoms. The van der Waals surface area contributed by atoms with E-state index in [1.54, 1.807) is 6.07 Å². The summed E-state index contributed by atoms with van der Waals surface area (Å²) in [5, 5.41) is 4.80. The molecule has 3 aliphatic rings. The number of carbonyl (C=O) groups excluding carboxylic acids is 3. The Morgan fingerprint density at radius 3 is 2.47 bits per heavy atom. The molecule has 6 rings (SSSR count). The Morgan fingerprint density at radius 1 is 0.917 bits per heavy atom. The highest BCUT2D eigenvalue weighted by Crippen LogP contribution is 2.38. The molecule has 36 heavy (non-hydrogen) atoms. The van der Waals surface area contributed by atoms with Crippen molar-refractivity contribution in [2.45, 2.75) is 50.7 Å². The van der Waals surface area contributed by atoms with Gasteiger partial charge in [-0.05, 0) is 83.9 Å². The molecular formula is C29H28FN3O3. The monoisotopic (exact) mass is 485 g/mol. The zero-order valence-corrected chi connectivity index (χ0v) is 20.0. The van der Waals surface area contributed by atoms with E-state index in [-0.39, 0.29) is 30.7 Å². The van der Waals surface area contributed by atoms with Crippen molar-refractivity contribution in [3.8, 4) is 0 Å². The first-order chi connectivity index (χ1) is 17.5. The first-order valence-electron chi connectivity index (χ1n) is 12.6. The van der Waals surface area contributed by atoms with Crippen LogP contribution in [0, 0.1) is 5.82 Å². The zero-order valence-electron chi connectivity index (χ0n) is 20.0. The van der Waals surface area contributed by atoms with Crippen LogP contribution in [0.15, 0.2) is 54.6 Å². The maximum absolute atomic E-state index is 14.6. The standard InChI is InChI=1S/C29H28FN3O3/c30-22-14-23(25-17-33(29(36)24(25)15-22)26-7-8-27(34)31-28(26)35)20-9-11-32(12-10-20)16-18-5-6-19-3-1-2-4-21(19)13-18/h1-6,13-15,20,26H,7-12,16-17H2,(H,31,34,35). The van der Waals surface area contributed by atoms with Crippen molar-refractivity contribution in [1.82, 2.24) is 15.1 Å². The lowest BCUT2D eigenvalue weighted by molar-refractivity contribution is -0.136. The van der Waals surface area contributed by atoms with Gasteiger partial charge in [-0.2, -0.15) is 0 Å². The summed E-state index contributed by atoms with van der Waals surface area (Å²) in [5.41, 5.74) is 3.36. The van der Waals surface area contributed by atoms with Gasteiger partial charge in [-0.15, -0.1) is 0 Å². The number of rotatable bonds is 4. The van der Waals surface area contributed by atoms with Gasteiger partial charge in [0, 0.05) is 25.1 Å². The van der Waals surface area contributed by atoms with Crippen LogP contribution in [0.1, 0.15) is 58.6 Å². The molecule has 2 fully saturated rings. The molecule has 7 heteroatoms. The first-order valence-corrected chi connectivity index (χ1v) is 12.6. The highest BCUT2D eigenvalue weighted by Gasteiger charge is 2.41. The second kappa shape index (κ2) is 9.13. The maximum Gasteiger partial charge on any atom is 0.255 e. The van der Waals surface area contributed by atoms with Crippen molar-refractivity contribution in [2.75, 3.05) is 13.1 Å². The van der Waals surface area contributed by atoms with E-state index in [2.05, 4.69) is 46.6 Å². The minimum absolute atomic E-state index is 0.164. The Hall–Kier alpha value is -3.58. The molecule has 3 aliphatic heterocycles. The minimum Gasteiger partial charge on any atom is -0.322 e. The summed E-state index contributed by atoms with van der Waals surface area (Å²) in [6, 6.07) is 17.1. The van der Waals surface area contributed by atoms with Crippen molar-refractivity contribution in [3.05, 3.63) is 82.7 Å². The number of nitrogens with zero attached hydrogens (tertiary/aromatic N) is 2. The number of halogens is 1. The van der Waals surface area contributed by atoms with Crippen LogP contribution >= 0.6 is 0 Å². The Kier molecular flexibility index (Phi) is 5.80. The number of imide groups is 1. The lowest BCUT2D eigenvalue weighted by Crippen LogP contribution is -2.52. The lowest BCUT2D eigenvalue weighted by atomic mass is 9.85. The lowest BCUT2D eigenvalue weighted by Gasteiger charge is -2.33. The first kappa shape index (κ1) is 22.9. The van der Waals surface area contributed by atoms with E-state index in [4.69, 9.17) is 0 Å². The van der Waals surface area contributed by atoms with Crippen molar-refractivity contribution in [2.24, 2.45) is 0 Å². The van der Waals surface area contributed by atoms with Crippen LogP contribution in [-0.2, 0) is 22.7 Å². The van der Waals surface area contributed by atoms with Crippen LogP contribution in [-0.4, -0.2) is 46.7 Å². The van der Waals surface area contributed by atoms with Crippen LogP contribution in [0.2, 0.25) is 0 Å². The Balaban J connectivity index is 1.17. The molecule has 1 N–H and O–H groups in total. The molecule has 0 aliphatic carbocycles. The van der Waals surface area contributed by atoms with Crippen molar-refractivity contribution in [1.29, 1.82) is 0 Å². The average Bonchev–Trinajstić information content (AvgIpc) is 3.20. The van der Waals surface area contributed by atoms with E-state index in [0.717, 1.165) is 43.6 Å². The molecule has 6 nitrogen and oxygen atoms in total. The van der Waals surface area contributed by atoms with Gasteiger partial charge >= 0.3 is 0 Å². The SMILES string of the molecule is O=C1CCC(N2Cc3c(cc(F)cc3C3CCN(Cc4ccc5ccccc5c4)CC3)C2=O)C(=O)N1. The van der Waals surface area contributed by atoms with Gasteiger partial charge in [0.15, 0.2) is 0 Å². The Labute approximate surface area is 209 Å². The summed E-state index contributed by atoms with van der Waals surface area (Å²) >= 11 is 0. The van der Waals surface area contributed by atoms with E-state index in [1.807, 2.05) is 6.07 Å². The van der Waals surface area contributed by atoms with Crippen molar-refractivity contribution < 1.29 is 18.8 Å².